The highest BCUT2D eigenvalue weighted by molar-refractivity contribution is 6.25. The average Bonchev–Trinajstić information content (AvgIpc) is 3.63. The second-order valence-electron chi connectivity index (χ2n) is 9.98. The zero-order valence-electron chi connectivity index (χ0n) is 20.3. The molecule has 4 aromatic rings. The number of halogens is 1. The first-order chi connectivity index (χ1) is 18.4. The van der Waals surface area contributed by atoms with Gasteiger partial charge in [-0.25, -0.2) is 9.29 Å². The van der Waals surface area contributed by atoms with Crippen molar-refractivity contribution >= 4 is 40.0 Å². The molecule has 4 unspecified atom stereocenters. The van der Waals surface area contributed by atoms with Gasteiger partial charge in [-0.2, -0.15) is 0 Å². The van der Waals surface area contributed by atoms with E-state index in [1.165, 1.54) is 25.3 Å². The van der Waals surface area contributed by atoms with Crippen molar-refractivity contribution in [2.45, 2.75) is 18.0 Å². The lowest BCUT2D eigenvalue weighted by molar-refractivity contribution is -0.130. The quantitative estimate of drug-likeness (QED) is 0.365. The number of para-hydroxylation sites is 1. The van der Waals surface area contributed by atoms with Gasteiger partial charge in [0.15, 0.2) is 0 Å². The number of aromatic nitrogens is 1. The maximum absolute atomic E-state index is 14.5. The normalized spacial score (nSPS) is 25.8. The van der Waals surface area contributed by atoms with Gasteiger partial charge >= 0.3 is 0 Å². The predicted molar refractivity (Wildman–Crippen MR) is 138 cm³/mol. The van der Waals surface area contributed by atoms with Gasteiger partial charge < -0.3 is 15.0 Å². The van der Waals surface area contributed by atoms with Crippen LogP contribution in [0.5, 0.6) is 5.75 Å². The van der Waals surface area contributed by atoms with E-state index < -0.39 is 47.0 Å². The van der Waals surface area contributed by atoms with Crippen LogP contribution in [0.25, 0.3) is 10.9 Å². The molecule has 1 spiro atoms. The number of H-pyrrole nitrogens is 1. The fraction of sp³-hybridized carbons (Fsp3) is 0.207. The highest BCUT2D eigenvalue weighted by Crippen LogP contribution is 2.54. The first kappa shape index (κ1) is 22.7. The molecule has 1 aromatic heterocycles. The van der Waals surface area contributed by atoms with Crippen molar-refractivity contribution in [2.75, 3.05) is 17.3 Å². The number of methoxy groups -OCH3 is 1. The number of benzene rings is 3. The summed E-state index contributed by atoms with van der Waals surface area (Å²) in [7, 11) is 1.53. The van der Waals surface area contributed by atoms with Crippen LogP contribution in [-0.2, 0) is 26.3 Å². The van der Waals surface area contributed by atoms with Crippen molar-refractivity contribution in [3.63, 3.8) is 0 Å². The summed E-state index contributed by atoms with van der Waals surface area (Å²) in [4.78, 5) is 46.1. The number of ether oxygens (including phenoxy) is 1. The number of nitrogens with one attached hydrogen (secondary N) is 3. The largest absolute Gasteiger partial charge is 0.497 e. The number of carbonyl (C=O) groups excluding carboxylic acids is 3. The van der Waals surface area contributed by atoms with E-state index in [1.807, 2.05) is 30.5 Å². The number of rotatable bonds is 4. The van der Waals surface area contributed by atoms with Crippen molar-refractivity contribution in [2.24, 2.45) is 11.8 Å². The molecule has 3 amide bonds. The molecule has 0 saturated carbocycles. The molecular formula is C29H23FN4O4. The van der Waals surface area contributed by atoms with Crippen molar-refractivity contribution in [3.8, 4) is 5.75 Å². The van der Waals surface area contributed by atoms with Crippen molar-refractivity contribution in [1.82, 2.24) is 10.3 Å². The van der Waals surface area contributed by atoms with Gasteiger partial charge in [0, 0.05) is 34.4 Å². The molecule has 7 rings (SSSR count). The van der Waals surface area contributed by atoms with E-state index in [9.17, 15) is 18.8 Å². The topological polar surface area (TPSA) is 104 Å². The smallest absolute Gasteiger partial charge is 0.250 e. The second kappa shape index (κ2) is 8.00. The molecule has 0 aliphatic carbocycles. The molecule has 8 nitrogen and oxygen atoms in total. The Morgan fingerprint density at radius 1 is 1.00 bits per heavy atom. The van der Waals surface area contributed by atoms with Gasteiger partial charge in [0.05, 0.1) is 24.6 Å². The maximum Gasteiger partial charge on any atom is 0.250 e. The highest BCUT2D eigenvalue weighted by atomic mass is 19.1. The zero-order chi connectivity index (χ0) is 26.2. The SMILES string of the molecule is COc1ccc(N2C(=O)C3C(Cc4c[nH]c5ccccc45)NC4(C(=O)Nc5ccc(F)cc54)C3C2=O)cc1. The summed E-state index contributed by atoms with van der Waals surface area (Å²) < 4.78 is 19.7. The molecule has 4 heterocycles. The molecule has 4 atom stereocenters. The van der Waals surface area contributed by atoms with Gasteiger partial charge in [-0.3, -0.25) is 19.7 Å². The number of amides is 3. The fourth-order valence-corrected chi connectivity index (χ4v) is 6.47. The Balaban J connectivity index is 1.37. The molecule has 0 bridgehead atoms. The third kappa shape index (κ3) is 2.96. The molecule has 2 fully saturated rings. The Hall–Kier alpha value is -4.50. The number of nitrogens with zero attached hydrogens (tertiary/aromatic N) is 1. The summed E-state index contributed by atoms with van der Waals surface area (Å²) >= 11 is 0. The van der Waals surface area contributed by atoms with Crippen LogP contribution >= 0.6 is 0 Å². The van der Waals surface area contributed by atoms with Crippen molar-refractivity contribution in [3.05, 3.63) is 89.9 Å². The molecule has 3 aliphatic heterocycles. The van der Waals surface area contributed by atoms with E-state index in [1.54, 1.807) is 24.3 Å². The van der Waals surface area contributed by atoms with E-state index in [0.717, 1.165) is 21.4 Å². The molecule has 3 aliphatic rings. The first-order valence-corrected chi connectivity index (χ1v) is 12.4. The number of aromatic amines is 1. The van der Waals surface area contributed by atoms with Gasteiger partial charge in [0.2, 0.25) is 17.7 Å². The summed E-state index contributed by atoms with van der Waals surface area (Å²) in [5, 5.41) is 7.18. The molecular weight excluding hydrogens is 487 g/mol. The van der Waals surface area contributed by atoms with Crippen LogP contribution in [0.15, 0.2) is 72.9 Å². The van der Waals surface area contributed by atoms with Crippen LogP contribution in [-0.4, -0.2) is 35.9 Å². The molecule has 38 heavy (non-hydrogen) atoms. The van der Waals surface area contributed by atoms with Crippen LogP contribution < -0.4 is 20.3 Å². The number of hydrogen-bond acceptors (Lipinski definition) is 5. The van der Waals surface area contributed by atoms with E-state index in [2.05, 4.69) is 15.6 Å². The summed E-state index contributed by atoms with van der Waals surface area (Å²) in [5.74, 6) is -3.17. The standard InChI is InChI=1S/C29H23FN4O4/c1-38-18-9-7-17(8-10-18)34-26(35)24-23(12-15-14-31-21-5-3-2-4-19(15)21)33-29(25(24)27(34)36)20-13-16(30)6-11-22(20)32-28(29)37/h2-11,13-14,23-25,31,33H,12H2,1H3,(H,32,37). The van der Waals surface area contributed by atoms with Crippen LogP contribution in [0.1, 0.15) is 11.1 Å². The third-order valence-electron chi connectivity index (χ3n) is 8.12. The van der Waals surface area contributed by atoms with Crippen LogP contribution in [0, 0.1) is 17.7 Å². The first-order valence-electron chi connectivity index (χ1n) is 12.4. The van der Waals surface area contributed by atoms with Crippen LogP contribution in [0.3, 0.4) is 0 Å². The lowest BCUT2D eigenvalue weighted by atomic mass is 9.76. The minimum Gasteiger partial charge on any atom is -0.497 e. The lowest BCUT2D eigenvalue weighted by Crippen LogP contribution is -2.53. The average molecular weight is 511 g/mol. The third-order valence-corrected chi connectivity index (χ3v) is 8.12. The Morgan fingerprint density at radius 3 is 2.58 bits per heavy atom. The van der Waals surface area contributed by atoms with E-state index in [0.29, 0.717) is 29.1 Å². The van der Waals surface area contributed by atoms with Crippen LogP contribution in [0.4, 0.5) is 15.8 Å². The molecule has 2 saturated heterocycles. The fourth-order valence-electron chi connectivity index (χ4n) is 6.47. The van der Waals surface area contributed by atoms with Gasteiger partial charge in [-0.15, -0.1) is 0 Å². The molecule has 3 N–H and O–H groups in total. The van der Waals surface area contributed by atoms with E-state index in [-0.39, 0.29) is 0 Å². The molecule has 0 radical (unpaired) electrons. The van der Waals surface area contributed by atoms with Crippen molar-refractivity contribution in [1.29, 1.82) is 0 Å². The summed E-state index contributed by atoms with van der Waals surface area (Å²) in [6.07, 6.45) is 2.28. The summed E-state index contributed by atoms with van der Waals surface area (Å²) in [6.45, 7) is 0. The minimum absolute atomic E-state index is 0.344. The number of hydrogen-bond donors (Lipinski definition) is 3. The molecule has 9 heteroatoms. The Kier molecular flexibility index (Phi) is 4.77. The van der Waals surface area contributed by atoms with E-state index in [4.69, 9.17) is 4.74 Å². The van der Waals surface area contributed by atoms with Gasteiger partial charge in [-0.1, -0.05) is 18.2 Å². The Morgan fingerprint density at radius 2 is 1.79 bits per heavy atom. The zero-order valence-corrected chi connectivity index (χ0v) is 20.3. The van der Waals surface area contributed by atoms with Crippen LogP contribution in [0.2, 0.25) is 0 Å². The highest BCUT2D eigenvalue weighted by Gasteiger charge is 2.70. The number of fused-ring (bicyclic) bond motifs is 5. The summed E-state index contributed by atoms with van der Waals surface area (Å²) in [6, 6.07) is 17.9. The van der Waals surface area contributed by atoms with Crippen molar-refractivity contribution < 1.29 is 23.5 Å². The van der Waals surface area contributed by atoms with E-state index >= 15 is 0 Å². The number of anilines is 2. The molecule has 190 valence electrons. The maximum atomic E-state index is 14.5. The minimum atomic E-state index is -1.58. The number of imide groups is 1. The Labute approximate surface area is 216 Å². The summed E-state index contributed by atoms with van der Waals surface area (Å²) in [5.41, 5.74) is 1.50. The predicted octanol–water partition coefficient (Wildman–Crippen LogP) is 3.48. The van der Waals surface area contributed by atoms with Gasteiger partial charge in [0.25, 0.3) is 0 Å². The van der Waals surface area contributed by atoms with Gasteiger partial charge in [0.1, 0.15) is 17.1 Å². The number of carbonyl (C=O) groups is 3. The lowest BCUT2D eigenvalue weighted by Gasteiger charge is -2.29. The second-order valence-corrected chi connectivity index (χ2v) is 9.98. The molecule has 3 aromatic carbocycles. The Bertz CT molecular complexity index is 1650. The monoisotopic (exact) mass is 510 g/mol. The van der Waals surface area contributed by atoms with Gasteiger partial charge in [-0.05, 0) is 60.5 Å².